The van der Waals surface area contributed by atoms with Gasteiger partial charge in [-0.2, -0.15) is 0 Å². The lowest BCUT2D eigenvalue weighted by atomic mass is 10.3. The highest BCUT2D eigenvalue weighted by Crippen LogP contribution is 2.24. The molecule has 1 fully saturated rings. The first-order chi connectivity index (χ1) is 9.24. The summed E-state index contributed by atoms with van der Waals surface area (Å²) in [4.78, 5) is 15.3. The van der Waals surface area contributed by atoms with Gasteiger partial charge in [0.15, 0.2) is 0 Å². The van der Waals surface area contributed by atoms with E-state index in [0.29, 0.717) is 0 Å². The minimum absolute atomic E-state index is 0.143. The summed E-state index contributed by atoms with van der Waals surface area (Å²) in [5.41, 5.74) is 0. The fraction of sp³-hybridized carbons (Fsp3) is 0.417. The number of aromatic nitrogens is 3. The predicted octanol–water partition coefficient (Wildman–Crippen LogP) is 0.997. The third-order valence-corrected chi connectivity index (χ3v) is 4.22. The van der Waals surface area contributed by atoms with Gasteiger partial charge in [-0.1, -0.05) is 11.3 Å². The van der Waals surface area contributed by atoms with E-state index in [1.807, 2.05) is 34.0 Å². The highest BCUT2D eigenvalue weighted by atomic mass is 32.1. The van der Waals surface area contributed by atoms with Gasteiger partial charge in [0.1, 0.15) is 0 Å². The average molecular weight is 277 g/mol. The normalized spacial score (nSPS) is 15.8. The molecule has 2 aromatic heterocycles. The van der Waals surface area contributed by atoms with Gasteiger partial charge in [0.05, 0.1) is 0 Å². The van der Waals surface area contributed by atoms with Crippen molar-refractivity contribution in [2.45, 2.75) is 6.92 Å². The number of anilines is 1. The van der Waals surface area contributed by atoms with Gasteiger partial charge >= 0.3 is 0 Å². The van der Waals surface area contributed by atoms with E-state index >= 15 is 0 Å². The second kappa shape index (κ2) is 5.00. The number of hydrogen-bond acceptors (Lipinski definition) is 5. The Balaban J connectivity index is 1.69. The maximum Gasteiger partial charge on any atom is 0.219 e. The van der Waals surface area contributed by atoms with Crippen LogP contribution >= 0.6 is 11.3 Å². The van der Waals surface area contributed by atoms with Crippen LogP contribution in [0.4, 0.5) is 5.13 Å². The molecule has 0 aromatic carbocycles. The number of amides is 1. The van der Waals surface area contributed by atoms with Crippen molar-refractivity contribution in [3.63, 3.8) is 0 Å². The maximum absolute atomic E-state index is 11.3. The Bertz CT molecular complexity index is 556. The van der Waals surface area contributed by atoms with Crippen molar-refractivity contribution in [2.24, 2.45) is 0 Å². The average Bonchev–Trinajstić information content (AvgIpc) is 3.10. The Labute approximate surface area is 115 Å². The summed E-state index contributed by atoms with van der Waals surface area (Å²) in [6, 6.07) is 3.93. The number of carbonyl (C=O) groups excluding carboxylic acids is 1. The number of nitrogens with zero attached hydrogens (tertiary/aromatic N) is 5. The quantitative estimate of drug-likeness (QED) is 0.821. The van der Waals surface area contributed by atoms with Crippen LogP contribution in [0.5, 0.6) is 0 Å². The first-order valence-corrected chi connectivity index (χ1v) is 7.03. The van der Waals surface area contributed by atoms with Gasteiger partial charge in [0.2, 0.25) is 16.2 Å². The minimum Gasteiger partial charge on any atom is -0.343 e. The van der Waals surface area contributed by atoms with Crippen molar-refractivity contribution >= 4 is 22.4 Å². The molecule has 1 amide bonds. The number of piperazine rings is 1. The van der Waals surface area contributed by atoms with Gasteiger partial charge in [0, 0.05) is 45.5 Å². The molecule has 0 atom stereocenters. The molecule has 100 valence electrons. The first-order valence-electron chi connectivity index (χ1n) is 6.21. The van der Waals surface area contributed by atoms with Gasteiger partial charge in [-0.25, -0.2) is 0 Å². The summed E-state index contributed by atoms with van der Waals surface area (Å²) < 4.78 is 1.95. The highest BCUT2D eigenvalue weighted by Gasteiger charge is 2.21. The molecule has 0 radical (unpaired) electrons. The minimum atomic E-state index is 0.143. The molecule has 3 heterocycles. The van der Waals surface area contributed by atoms with E-state index in [1.54, 1.807) is 18.3 Å². The van der Waals surface area contributed by atoms with Crippen molar-refractivity contribution in [3.8, 4) is 5.13 Å². The largest absolute Gasteiger partial charge is 0.343 e. The van der Waals surface area contributed by atoms with Crippen LogP contribution in [0.2, 0.25) is 0 Å². The summed E-state index contributed by atoms with van der Waals surface area (Å²) in [5.74, 6) is 0.143. The van der Waals surface area contributed by atoms with Gasteiger partial charge in [-0.3, -0.25) is 9.36 Å². The molecule has 1 aliphatic heterocycles. The number of hydrogen-bond donors (Lipinski definition) is 0. The molecular weight excluding hydrogens is 262 g/mol. The Kier molecular flexibility index (Phi) is 3.20. The molecule has 0 spiro atoms. The standard InChI is InChI=1S/C12H15N5OS/c1-10(18)15-6-8-17(9-7-15)12-14-13-11(19-12)16-4-2-3-5-16/h2-5H,6-9H2,1H3. The van der Waals surface area contributed by atoms with Crippen molar-refractivity contribution in [1.29, 1.82) is 0 Å². The SMILES string of the molecule is CC(=O)N1CCN(c2nnc(-n3cccc3)s2)CC1. The second-order valence-corrected chi connectivity index (χ2v) is 5.39. The third-order valence-electron chi connectivity index (χ3n) is 3.22. The lowest BCUT2D eigenvalue weighted by Crippen LogP contribution is -2.48. The van der Waals surface area contributed by atoms with Crippen LogP contribution in [0.1, 0.15) is 6.92 Å². The lowest BCUT2D eigenvalue weighted by molar-refractivity contribution is -0.129. The van der Waals surface area contributed by atoms with Crippen LogP contribution in [0, 0.1) is 0 Å². The predicted molar refractivity (Wildman–Crippen MR) is 73.7 cm³/mol. The molecule has 3 rings (SSSR count). The zero-order chi connectivity index (χ0) is 13.2. The molecule has 2 aromatic rings. The molecule has 0 unspecified atom stereocenters. The lowest BCUT2D eigenvalue weighted by Gasteiger charge is -2.33. The Hall–Kier alpha value is -1.89. The molecule has 0 saturated carbocycles. The van der Waals surface area contributed by atoms with Crippen LogP contribution in [0.3, 0.4) is 0 Å². The Morgan fingerprint density at radius 3 is 2.37 bits per heavy atom. The Morgan fingerprint density at radius 2 is 1.74 bits per heavy atom. The molecule has 0 N–H and O–H groups in total. The molecule has 0 bridgehead atoms. The van der Waals surface area contributed by atoms with Gasteiger partial charge in [0.25, 0.3) is 0 Å². The fourth-order valence-corrected chi connectivity index (χ4v) is 2.98. The monoisotopic (exact) mass is 277 g/mol. The summed E-state index contributed by atoms with van der Waals surface area (Å²) in [6.45, 7) is 4.77. The summed E-state index contributed by atoms with van der Waals surface area (Å²) >= 11 is 1.57. The molecule has 7 heteroatoms. The number of carbonyl (C=O) groups is 1. The van der Waals surface area contributed by atoms with Crippen LogP contribution in [-0.2, 0) is 4.79 Å². The second-order valence-electron chi connectivity index (χ2n) is 4.45. The van der Waals surface area contributed by atoms with E-state index < -0.39 is 0 Å². The molecule has 6 nitrogen and oxygen atoms in total. The summed E-state index contributed by atoms with van der Waals surface area (Å²) in [7, 11) is 0. The van der Waals surface area contributed by atoms with Crippen molar-refractivity contribution < 1.29 is 4.79 Å². The van der Waals surface area contributed by atoms with E-state index in [0.717, 1.165) is 36.4 Å². The third kappa shape index (κ3) is 2.46. The summed E-state index contributed by atoms with van der Waals surface area (Å²) in [6.07, 6.45) is 3.91. The fourth-order valence-electron chi connectivity index (χ4n) is 2.11. The van der Waals surface area contributed by atoms with Crippen LogP contribution in [0.15, 0.2) is 24.5 Å². The van der Waals surface area contributed by atoms with E-state index in [1.165, 1.54) is 0 Å². The van der Waals surface area contributed by atoms with Crippen LogP contribution < -0.4 is 4.90 Å². The van der Waals surface area contributed by atoms with Gasteiger partial charge < -0.3 is 9.80 Å². The zero-order valence-corrected chi connectivity index (χ0v) is 11.5. The van der Waals surface area contributed by atoms with Gasteiger partial charge in [-0.05, 0) is 12.1 Å². The van der Waals surface area contributed by atoms with E-state index in [2.05, 4.69) is 15.1 Å². The molecule has 19 heavy (non-hydrogen) atoms. The molecular formula is C12H15N5OS. The number of rotatable bonds is 2. The Morgan fingerprint density at radius 1 is 1.11 bits per heavy atom. The highest BCUT2D eigenvalue weighted by molar-refractivity contribution is 7.17. The van der Waals surface area contributed by atoms with Crippen molar-refractivity contribution in [3.05, 3.63) is 24.5 Å². The van der Waals surface area contributed by atoms with Crippen molar-refractivity contribution in [2.75, 3.05) is 31.1 Å². The summed E-state index contributed by atoms with van der Waals surface area (Å²) in [5, 5.41) is 10.2. The van der Waals surface area contributed by atoms with E-state index in [4.69, 9.17) is 0 Å². The topological polar surface area (TPSA) is 54.3 Å². The van der Waals surface area contributed by atoms with Crippen LogP contribution in [0.25, 0.3) is 5.13 Å². The first kappa shape index (κ1) is 12.2. The zero-order valence-electron chi connectivity index (χ0n) is 10.7. The maximum atomic E-state index is 11.3. The van der Waals surface area contributed by atoms with Gasteiger partial charge in [-0.15, -0.1) is 10.2 Å². The van der Waals surface area contributed by atoms with Crippen molar-refractivity contribution in [1.82, 2.24) is 19.7 Å². The van der Waals surface area contributed by atoms with Crippen LogP contribution in [-0.4, -0.2) is 51.8 Å². The smallest absolute Gasteiger partial charge is 0.219 e. The molecule has 0 aliphatic carbocycles. The van der Waals surface area contributed by atoms with E-state index in [9.17, 15) is 4.79 Å². The van der Waals surface area contributed by atoms with E-state index in [-0.39, 0.29) is 5.91 Å². The molecule has 1 saturated heterocycles. The molecule has 1 aliphatic rings.